The minimum Gasteiger partial charge on any atom is -0.466 e. The topological polar surface area (TPSA) is 112 Å². The number of rotatable bonds is 9. The van der Waals surface area contributed by atoms with E-state index in [4.69, 9.17) is 25.8 Å². The molecule has 0 fully saturated rings. The first-order chi connectivity index (χ1) is 15.3. The zero-order valence-corrected chi connectivity index (χ0v) is 19.2. The molecule has 0 saturated carbocycles. The number of allylic oxidation sites excluding steroid dienone is 1. The van der Waals surface area contributed by atoms with E-state index in [2.05, 4.69) is 15.4 Å². The van der Waals surface area contributed by atoms with E-state index in [1.54, 1.807) is 38.1 Å². The standard InChI is InChI=1S/C22H27ClN2O7/c1-5-32-21(27)19-16(12-31-11-10-24-22(28)30-4)25-13(2)17(20(26)29-3)18(19)14-8-6-7-9-15(14)23/h6-9,18,25H,5,10-12H2,1-4H3,(H,24,28). The Balaban J connectivity index is 2.46. The molecule has 1 atom stereocenters. The van der Waals surface area contributed by atoms with E-state index in [9.17, 15) is 14.4 Å². The smallest absolute Gasteiger partial charge is 0.406 e. The van der Waals surface area contributed by atoms with Crippen LogP contribution in [0.4, 0.5) is 4.79 Å². The summed E-state index contributed by atoms with van der Waals surface area (Å²) in [5.41, 5.74) is 1.94. The van der Waals surface area contributed by atoms with Crippen molar-refractivity contribution in [1.82, 2.24) is 10.6 Å². The van der Waals surface area contributed by atoms with Gasteiger partial charge in [0, 0.05) is 17.3 Å². The lowest BCUT2D eigenvalue weighted by Gasteiger charge is -2.31. The fourth-order valence-electron chi connectivity index (χ4n) is 3.33. The lowest BCUT2D eigenvalue weighted by Crippen LogP contribution is -2.35. The largest absolute Gasteiger partial charge is 0.466 e. The summed E-state index contributed by atoms with van der Waals surface area (Å²) in [6.45, 7) is 3.92. The third-order valence-electron chi connectivity index (χ3n) is 4.71. The highest BCUT2D eigenvalue weighted by Gasteiger charge is 2.39. The van der Waals surface area contributed by atoms with Gasteiger partial charge in [-0.25, -0.2) is 14.4 Å². The van der Waals surface area contributed by atoms with E-state index in [1.807, 2.05) is 0 Å². The highest BCUT2D eigenvalue weighted by atomic mass is 35.5. The summed E-state index contributed by atoms with van der Waals surface area (Å²) in [5, 5.41) is 5.97. The van der Waals surface area contributed by atoms with Gasteiger partial charge < -0.3 is 29.6 Å². The number of hydrogen-bond donors (Lipinski definition) is 2. The van der Waals surface area contributed by atoms with Crippen molar-refractivity contribution in [2.24, 2.45) is 0 Å². The third-order valence-corrected chi connectivity index (χ3v) is 5.05. The van der Waals surface area contributed by atoms with Gasteiger partial charge in [0.1, 0.15) is 0 Å². The molecule has 1 heterocycles. The van der Waals surface area contributed by atoms with Crippen LogP contribution in [0.5, 0.6) is 0 Å². The Hall–Kier alpha value is -3.04. The molecule has 1 unspecified atom stereocenters. The molecule has 174 valence electrons. The number of amides is 1. The predicted molar refractivity (Wildman–Crippen MR) is 117 cm³/mol. The second-order valence-corrected chi connectivity index (χ2v) is 7.10. The van der Waals surface area contributed by atoms with Crippen molar-refractivity contribution >= 4 is 29.6 Å². The van der Waals surface area contributed by atoms with Gasteiger partial charge in [-0.15, -0.1) is 0 Å². The van der Waals surface area contributed by atoms with Crippen molar-refractivity contribution < 1.29 is 33.3 Å². The third kappa shape index (κ3) is 6.02. The Bertz CT molecular complexity index is 927. The van der Waals surface area contributed by atoms with Crippen LogP contribution in [0.25, 0.3) is 0 Å². The quantitative estimate of drug-likeness (QED) is 0.324. The van der Waals surface area contributed by atoms with E-state index >= 15 is 0 Å². The van der Waals surface area contributed by atoms with Gasteiger partial charge in [-0.1, -0.05) is 29.8 Å². The number of alkyl carbamates (subject to hydrolysis) is 1. The first-order valence-corrected chi connectivity index (χ1v) is 10.3. The number of halogens is 1. The van der Waals surface area contributed by atoms with Crippen molar-refractivity contribution in [3.05, 3.63) is 57.4 Å². The number of benzene rings is 1. The van der Waals surface area contributed by atoms with Gasteiger partial charge in [-0.2, -0.15) is 0 Å². The molecule has 0 aliphatic carbocycles. The molecule has 32 heavy (non-hydrogen) atoms. The zero-order valence-electron chi connectivity index (χ0n) is 18.5. The van der Waals surface area contributed by atoms with E-state index in [-0.39, 0.29) is 37.5 Å². The number of dihydropyridines is 1. The van der Waals surface area contributed by atoms with E-state index in [0.29, 0.717) is 22.0 Å². The molecule has 0 saturated heterocycles. The van der Waals surface area contributed by atoms with Crippen LogP contribution in [0.3, 0.4) is 0 Å². The number of carbonyl (C=O) groups is 3. The summed E-state index contributed by atoms with van der Waals surface area (Å²) >= 11 is 6.45. The van der Waals surface area contributed by atoms with Gasteiger partial charge in [-0.05, 0) is 25.5 Å². The highest BCUT2D eigenvalue weighted by Crippen LogP contribution is 2.41. The van der Waals surface area contributed by atoms with Crippen LogP contribution in [-0.4, -0.2) is 58.6 Å². The minimum absolute atomic E-state index is 0.00372. The predicted octanol–water partition coefficient (Wildman–Crippen LogP) is 2.66. The van der Waals surface area contributed by atoms with Gasteiger partial charge in [0.05, 0.1) is 56.8 Å². The number of carbonyl (C=O) groups excluding carboxylic acids is 3. The van der Waals surface area contributed by atoms with E-state index < -0.39 is 23.9 Å². The summed E-state index contributed by atoms with van der Waals surface area (Å²) in [7, 11) is 2.54. The molecule has 0 radical (unpaired) electrons. The molecule has 1 aromatic rings. The molecule has 9 nitrogen and oxygen atoms in total. The Morgan fingerprint density at radius 2 is 1.81 bits per heavy atom. The lowest BCUT2D eigenvalue weighted by atomic mass is 9.80. The number of ether oxygens (including phenoxy) is 4. The van der Waals surface area contributed by atoms with Crippen molar-refractivity contribution in [2.45, 2.75) is 19.8 Å². The van der Waals surface area contributed by atoms with Gasteiger partial charge in [0.25, 0.3) is 0 Å². The number of esters is 2. The van der Waals surface area contributed by atoms with Crippen LogP contribution in [0, 0.1) is 0 Å². The molecular formula is C22H27ClN2O7. The Kier molecular flexibility index (Phi) is 9.55. The Morgan fingerprint density at radius 3 is 2.44 bits per heavy atom. The summed E-state index contributed by atoms with van der Waals surface area (Å²) < 4.78 is 20.4. The molecule has 1 aliphatic heterocycles. The fraction of sp³-hybridized carbons (Fsp3) is 0.409. The van der Waals surface area contributed by atoms with E-state index in [0.717, 1.165) is 0 Å². The molecular weight excluding hydrogens is 440 g/mol. The highest BCUT2D eigenvalue weighted by molar-refractivity contribution is 6.31. The van der Waals surface area contributed by atoms with Crippen LogP contribution >= 0.6 is 11.6 Å². The van der Waals surface area contributed by atoms with Gasteiger partial charge in [-0.3, -0.25) is 0 Å². The molecule has 2 N–H and O–H groups in total. The number of nitrogens with one attached hydrogen (secondary N) is 2. The van der Waals surface area contributed by atoms with Crippen LogP contribution in [-0.2, 0) is 28.5 Å². The van der Waals surface area contributed by atoms with Gasteiger partial charge in [0.2, 0.25) is 0 Å². The van der Waals surface area contributed by atoms with Crippen LogP contribution in [0.15, 0.2) is 46.8 Å². The Labute approximate surface area is 191 Å². The van der Waals surface area contributed by atoms with Crippen molar-refractivity contribution in [3.63, 3.8) is 0 Å². The maximum Gasteiger partial charge on any atom is 0.406 e. The first kappa shape index (κ1) is 25.2. The van der Waals surface area contributed by atoms with Crippen molar-refractivity contribution in [1.29, 1.82) is 0 Å². The average Bonchev–Trinajstić information content (AvgIpc) is 2.78. The second-order valence-electron chi connectivity index (χ2n) is 6.69. The summed E-state index contributed by atoms with van der Waals surface area (Å²) in [6.07, 6.45) is -0.573. The molecule has 1 aliphatic rings. The number of hydrogen-bond acceptors (Lipinski definition) is 8. The first-order valence-electron chi connectivity index (χ1n) is 9.95. The number of methoxy groups -OCH3 is 2. The average molecular weight is 467 g/mol. The van der Waals surface area contributed by atoms with Gasteiger partial charge >= 0.3 is 18.0 Å². The minimum atomic E-state index is -0.816. The molecule has 0 spiro atoms. The summed E-state index contributed by atoms with van der Waals surface area (Å²) in [4.78, 5) is 36.9. The van der Waals surface area contributed by atoms with Crippen LogP contribution in [0.2, 0.25) is 5.02 Å². The molecule has 0 aromatic heterocycles. The second kappa shape index (κ2) is 12.1. The molecule has 2 rings (SSSR count). The van der Waals surface area contributed by atoms with Crippen LogP contribution < -0.4 is 10.6 Å². The van der Waals surface area contributed by atoms with Crippen LogP contribution in [0.1, 0.15) is 25.3 Å². The van der Waals surface area contributed by atoms with E-state index in [1.165, 1.54) is 14.2 Å². The molecule has 1 amide bonds. The SMILES string of the molecule is CCOC(=O)C1=C(COCCNC(=O)OC)NC(C)=C(C(=O)OC)C1c1ccccc1Cl. The fourth-order valence-corrected chi connectivity index (χ4v) is 3.58. The summed E-state index contributed by atoms with van der Waals surface area (Å²) in [5.74, 6) is -2.02. The lowest BCUT2D eigenvalue weighted by molar-refractivity contribution is -0.139. The molecule has 1 aromatic carbocycles. The maximum atomic E-state index is 13.0. The zero-order chi connectivity index (χ0) is 23.7. The summed E-state index contributed by atoms with van der Waals surface area (Å²) in [6, 6.07) is 6.95. The van der Waals surface area contributed by atoms with Gasteiger partial charge in [0.15, 0.2) is 0 Å². The van der Waals surface area contributed by atoms with Crippen molar-refractivity contribution in [2.75, 3.05) is 40.6 Å². The maximum absolute atomic E-state index is 13.0. The molecule has 10 heteroatoms. The Morgan fingerprint density at radius 1 is 1.09 bits per heavy atom. The normalized spacial score (nSPS) is 15.7. The molecule has 0 bridgehead atoms. The monoisotopic (exact) mass is 466 g/mol. The van der Waals surface area contributed by atoms with Crippen molar-refractivity contribution in [3.8, 4) is 0 Å².